The Bertz CT molecular complexity index is 1870. The predicted octanol–water partition coefficient (Wildman–Crippen LogP) is 6.28. The molecular formula is C31H31F4N5O4S. The summed E-state index contributed by atoms with van der Waals surface area (Å²) in [5, 5.41) is 7.02. The van der Waals surface area contributed by atoms with E-state index >= 15 is 4.39 Å². The van der Waals surface area contributed by atoms with E-state index in [1.54, 1.807) is 10.7 Å². The second-order valence-electron chi connectivity index (χ2n) is 11.1. The highest BCUT2D eigenvalue weighted by Crippen LogP contribution is 2.40. The van der Waals surface area contributed by atoms with Crippen LogP contribution in [0.3, 0.4) is 0 Å². The van der Waals surface area contributed by atoms with E-state index in [-0.39, 0.29) is 36.7 Å². The molecule has 2 heterocycles. The average Bonchev–Trinajstić information content (AvgIpc) is 3.34. The van der Waals surface area contributed by atoms with Gasteiger partial charge in [-0.15, -0.1) is 0 Å². The molecule has 3 aromatic carbocycles. The molecule has 238 valence electrons. The van der Waals surface area contributed by atoms with E-state index in [0.29, 0.717) is 35.0 Å². The van der Waals surface area contributed by atoms with Crippen molar-refractivity contribution in [2.24, 2.45) is 11.7 Å². The second-order valence-corrected chi connectivity index (χ2v) is 13.0. The Hall–Kier alpha value is -4.43. The number of aryl methyl sites for hydroxylation is 1. The fraction of sp³-hybridized carbons (Fsp3) is 0.290. The number of aromatic nitrogens is 2. The molecular weight excluding hydrogens is 614 g/mol. The van der Waals surface area contributed by atoms with Gasteiger partial charge in [-0.2, -0.15) is 22.6 Å². The maximum Gasteiger partial charge on any atom is 0.417 e. The van der Waals surface area contributed by atoms with Crippen molar-refractivity contribution in [3.05, 3.63) is 88.9 Å². The third kappa shape index (κ3) is 6.38. The largest absolute Gasteiger partial charge is 0.491 e. The Morgan fingerprint density at radius 3 is 2.51 bits per heavy atom. The van der Waals surface area contributed by atoms with Crippen molar-refractivity contribution >= 4 is 21.7 Å². The molecule has 0 saturated carbocycles. The minimum atomic E-state index is -4.89. The molecule has 3 N–H and O–H groups in total. The van der Waals surface area contributed by atoms with E-state index in [0.717, 1.165) is 34.1 Å². The zero-order valence-electron chi connectivity index (χ0n) is 24.7. The Morgan fingerprint density at radius 1 is 1.11 bits per heavy atom. The van der Waals surface area contributed by atoms with Crippen LogP contribution in [0.2, 0.25) is 0 Å². The maximum atomic E-state index is 15.2. The number of primary amides is 1. The zero-order chi connectivity index (χ0) is 32.7. The fourth-order valence-electron chi connectivity index (χ4n) is 5.25. The van der Waals surface area contributed by atoms with Gasteiger partial charge in [0.15, 0.2) is 0 Å². The number of ether oxygens (including phenoxy) is 1. The van der Waals surface area contributed by atoms with Crippen LogP contribution in [-0.2, 0) is 29.2 Å². The van der Waals surface area contributed by atoms with E-state index in [9.17, 15) is 26.4 Å². The first kappa shape index (κ1) is 32.0. The SMILES string of the molecule is Cc1cccc(OCC(C)C)c1-n1nc2c(c1-c1ccc(NC(N)=O)c(F)c1)CN(S(=O)(=O)c1ccccc1C(F)(F)F)CC2. The molecule has 1 aliphatic heterocycles. The van der Waals surface area contributed by atoms with Crippen molar-refractivity contribution in [1.82, 2.24) is 14.1 Å². The summed E-state index contributed by atoms with van der Waals surface area (Å²) >= 11 is 0. The van der Waals surface area contributed by atoms with E-state index in [4.69, 9.17) is 15.6 Å². The van der Waals surface area contributed by atoms with Gasteiger partial charge < -0.3 is 15.8 Å². The summed E-state index contributed by atoms with van der Waals surface area (Å²) in [4.78, 5) is 10.5. The van der Waals surface area contributed by atoms with Crippen LogP contribution in [0, 0.1) is 18.7 Å². The van der Waals surface area contributed by atoms with Gasteiger partial charge in [-0.3, -0.25) is 0 Å². The molecule has 0 fully saturated rings. The summed E-state index contributed by atoms with van der Waals surface area (Å²) in [7, 11) is -4.62. The van der Waals surface area contributed by atoms with E-state index in [2.05, 4.69) is 5.32 Å². The number of carbonyl (C=O) groups is 1. The van der Waals surface area contributed by atoms with Gasteiger partial charge >= 0.3 is 12.2 Å². The first-order chi connectivity index (χ1) is 21.2. The number of nitrogens with one attached hydrogen (secondary N) is 1. The van der Waals surface area contributed by atoms with Gasteiger partial charge in [0, 0.05) is 30.6 Å². The Balaban J connectivity index is 1.69. The van der Waals surface area contributed by atoms with Gasteiger partial charge in [0.1, 0.15) is 17.3 Å². The van der Waals surface area contributed by atoms with Crippen LogP contribution in [0.25, 0.3) is 16.9 Å². The molecule has 0 atom stereocenters. The molecule has 0 bridgehead atoms. The smallest absolute Gasteiger partial charge is 0.417 e. The number of hydrogen-bond acceptors (Lipinski definition) is 5. The Morgan fingerprint density at radius 2 is 1.84 bits per heavy atom. The number of alkyl halides is 3. The lowest BCUT2D eigenvalue weighted by Crippen LogP contribution is -2.36. The van der Waals surface area contributed by atoms with Gasteiger partial charge in [-0.25, -0.2) is 22.3 Å². The summed E-state index contributed by atoms with van der Waals surface area (Å²) in [6, 6.07) is 12.5. The highest BCUT2D eigenvalue weighted by atomic mass is 32.2. The van der Waals surface area contributed by atoms with Gasteiger partial charge in [-0.05, 0) is 48.7 Å². The lowest BCUT2D eigenvalue weighted by atomic mass is 10.0. The highest BCUT2D eigenvalue weighted by Gasteiger charge is 2.40. The number of sulfonamides is 1. The van der Waals surface area contributed by atoms with E-state index in [1.165, 1.54) is 18.2 Å². The second kappa shape index (κ2) is 12.2. The van der Waals surface area contributed by atoms with Crippen molar-refractivity contribution in [3.63, 3.8) is 0 Å². The number of urea groups is 1. The first-order valence-corrected chi connectivity index (χ1v) is 15.5. The Labute approximate surface area is 257 Å². The third-order valence-corrected chi connectivity index (χ3v) is 9.20. The number of fused-ring (bicyclic) bond motifs is 1. The summed E-state index contributed by atoms with van der Waals surface area (Å²) in [6.45, 7) is 5.76. The number of hydrogen-bond donors (Lipinski definition) is 2. The topological polar surface area (TPSA) is 120 Å². The molecule has 14 heteroatoms. The van der Waals surface area contributed by atoms with Gasteiger partial charge in [0.05, 0.1) is 34.1 Å². The average molecular weight is 646 g/mol. The zero-order valence-corrected chi connectivity index (χ0v) is 25.5. The molecule has 9 nitrogen and oxygen atoms in total. The molecule has 0 unspecified atom stereocenters. The quantitative estimate of drug-likeness (QED) is 0.219. The van der Waals surface area contributed by atoms with Crippen molar-refractivity contribution in [2.75, 3.05) is 18.5 Å². The lowest BCUT2D eigenvalue weighted by Gasteiger charge is -2.27. The lowest BCUT2D eigenvalue weighted by molar-refractivity contribution is -0.139. The number of benzene rings is 3. The summed E-state index contributed by atoms with van der Waals surface area (Å²) < 4.78 is 92.8. The minimum absolute atomic E-state index is 0.0839. The number of anilines is 1. The van der Waals surface area contributed by atoms with Gasteiger partial charge in [0.2, 0.25) is 10.0 Å². The first-order valence-electron chi connectivity index (χ1n) is 14.0. The van der Waals surface area contributed by atoms with Crippen LogP contribution < -0.4 is 15.8 Å². The van der Waals surface area contributed by atoms with Gasteiger partial charge in [0.25, 0.3) is 0 Å². The molecule has 4 aromatic rings. The van der Waals surface area contributed by atoms with Crippen LogP contribution >= 0.6 is 0 Å². The molecule has 0 aliphatic carbocycles. The summed E-state index contributed by atoms with van der Waals surface area (Å²) in [5.74, 6) is -0.129. The summed E-state index contributed by atoms with van der Waals surface area (Å²) in [5.41, 5.74) is 6.52. The van der Waals surface area contributed by atoms with Crippen LogP contribution in [0.15, 0.2) is 65.6 Å². The summed E-state index contributed by atoms with van der Waals surface area (Å²) in [6.07, 6.45) is -4.81. The number of carbonyl (C=O) groups excluding carboxylic acids is 1. The molecule has 45 heavy (non-hydrogen) atoms. The fourth-order valence-corrected chi connectivity index (χ4v) is 6.87. The minimum Gasteiger partial charge on any atom is -0.491 e. The molecule has 1 aliphatic rings. The van der Waals surface area contributed by atoms with Crippen molar-refractivity contribution in [1.29, 1.82) is 0 Å². The van der Waals surface area contributed by atoms with Crippen LogP contribution in [0.5, 0.6) is 5.75 Å². The monoisotopic (exact) mass is 645 g/mol. The number of nitrogens with two attached hydrogens (primary N) is 1. The standard InChI is InChI=1S/C31H31F4N5O4S/c1-18(2)17-44-26-9-6-7-19(3)28(26)40-29(20-11-12-25(23(32)15-20)37-30(36)41)21-16-39(14-13-24(21)38-40)45(42,43)27-10-5-4-8-22(27)31(33,34)35/h4-12,15,18H,13-14,16-17H2,1-3H3,(H3,36,37,41). The Kier molecular flexibility index (Phi) is 8.64. The molecule has 5 rings (SSSR count). The maximum absolute atomic E-state index is 15.2. The molecule has 0 radical (unpaired) electrons. The van der Waals surface area contributed by atoms with Crippen molar-refractivity contribution in [2.45, 2.75) is 44.8 Å². The number of halogens is 4. The molecule has 0 spiro atoms. The van der Waals surface area contributed by atoms with Crippen LogP contribution in [0.4, 0.5) is 28.0 Å². The number of rotatable bonds is 8. The van der Waals surface area contributed by atoms with E-state index in [1.807, 2.05) is 32.9 Å². The van der Waals surface area contributed by atoms with Crippen LogP contribution in [-0.4, -0.2) is 41.7 Å². The molecule has 1 aromatic heterocycles. The van der Waals surface area contributed by atoms with Crippen molar-refractivity contribution in [3.8, 4) is 22.7 Å². The van der Waals surface area contributed by atoms with E-state index < -0.39 is 38.5 Å². The highest BCUT2D eigenvalue weighted by molar-refractivity contribution is 7.89. The third-order valence-electron chi connectivity index (χ3n) is 7.29. The van der Waals surface area contributed by atoms with Gasteiger partial charge in [-0.1, -0.05) is 44.2 Å². The normalized spacial score (nSPS) is 14.0. The van der Waals surface area contributed by atoms with Crippen LogP contribution in [0.1, 0.15) is 36.2 Å². The number of nitrogens with zero attached hydrogens (tertiary/aromatic N) is 3. The number of amides is 2. The van der Waals surface area contributed by atoms with Crippen molar-refractivity contribution < 1.29 is 35.5 Å². The number of para-hydroxylation sites is 1. The molecule has 2 amide bonds. The predicted molar refractivity (Wildman–Crippen MR) is 160 cm³/mol. The molecule has 0 saturated heterocycles.